The van der Waals surface area contributed by atoms with E-state index in [2.05, 4.69) is 15.7 Å². The number of aryl methyl sites for hydroxylation is 2. The molecule has 1 aromatic carbocycles. The Morgan fingerprint density at radius 2 is 1.86 bits per heavy atom. The van der Waals surface area contributed by atoms with E-state index in [9.17, 15) is 14.4 Å². The fourth-order valence-electron chi connectivity index (χ4n) is 2.76. The number of benzene rings is 1. The highest BCUT2D eigenvalue weighted by Crippen LogP contribution is 2.21. The van der Waals surface area contributed by atoms with Crippen molar-refractivity contribution >= 4 is 35.2 Å². The van der Waals surface area contributed by atoms with Crippen molar-refractivity contribution in [2.24, 2.45) is 12.8 Å². The van der Waals surface area contributed by atoms with Crippen LogP contribution in [-0.2, 0) is 21.4 Å². The number of aromatic nitrogens is 2. The van der Waals surface area contributed by atoms with Gasteiger partial charge in [0.2, 0.25) is 0 Å². The third-order valence-corrected chi connectivity index (χ3v) is 4.65. The number of carbonyl (C=O) groups excluding carboxylic acids is 3. The molecular weight excluding hydrogens is 398 g/mol. The van der Waals surface area contributed by atoms with Gasteiger partial charge in [0.05, 0.1) is 29.5 Å². The number of nitrogens with two attached hydrogens (primary N) is 1. The number of esters is 1. The van der Waals surface area contributed by atoms with Crippen LogP contribution in [0.3, 0.4) is 0 Å². The van der Waals surface area contributed by atoms with Crippen LogP contribution in [0.2, 0.25) is 5.02 Å². The molecule has 29 heavy (non-hydrogen) atoms. The zero-order valence-electron chi connectivity index (χ0n) is 16.7. The van der Waals surface area contributed by atoms with Crippen LogP contribution >= 0.6 is 11.6 Å². The molecule has 2 atom stereocenters. The Bertz CT molecular complexity index is 910. The first-order chi connectivity index (χ1) is 13.6. The molecule has 0 aliphatic heterocycles. The lowest BCUT2D eigenvalue weighted by Gasteiger charge is -2.19. The predicted octanol–water partition coefficient (Wildman–Crippen LogP) is 2.36. The lowest BCUT2D eigenvalue weighted by Crippen LogP contribution is -2.36. The fraction of sp³-hybridized carbons (Fsp3) is 0.368. The first-order valence-corrected chi connectivity index (χ1v) is 9.28. The van der Waals surface area contributed by atoms with Gasteiger partial charge in [-0.1, -0.05) is 23.7 Å². The Labute approximate surface area is 173 Å². The molecular formula is C19H24ClN5O4. The van der Waals surface area contributed by atoms with E-state index >= 15 is 0 Å². The van der Waals surface area contributed by atoms with E-state index in [1.54, 1.807) is 42.9 Å². The number of carbonyl (C=O) groups is 3. The number of hydrogen-bond acceptors (Lipinski definition) is 5. The monoisotopic (exact) mass is 421 g/mol. The van der Waals surface area contributed by atoms with Crippen molar-refractivity contribution in [1.82, 2.24) is 15.1 Å². The average molecular weight is 422 g/mol. The number of halogens is 1. The normalized spacial score (nSPS) is 12.7. The molecule has 0 fully saturated rings. The van der Waals surface area contributed by atoms with Crippen molar-refractivity contribution < 1.29 is 19.1 Å². The minimum absolute atomic E-state index is 0.201. The summed E-state index contributed by atoms with van der Waals surface area (Å²) in [6.45, 7) is 5.05. The molecule has 0 radical (unpaired) electrons. The molecule has 0 unspecified atom stereocenters. The number of primary amides is 1. The zero-order valence-corrected chi connectivity index (χ0v) is 17.4. The molecule has 0 saturated heterocycles. The molecule has 0 aliphatic rings. The van der Waals surface area contributed by atoms with Gasteiger partial charge in [-0.15, -0.1) is 0 Å². The Hall–Kier alpha value is -3.07. The Balaban J connectivity index is 2.01. The molecule has 156 valence electrons. The lowest BCUT2D eigenvalue weighted by atomic mass is 10.0. The SMILES string of the molecule is Cc1nn(C)c(C)c1NC(=O)[C@@H](C)OC(=O)C[C@H](NC(N)=O)c1ccc(Cl)cc1. The van der Waals surface area contributed by atoms with Crippen LogP contribution in [0, 0.1) is 13.8 Å². The molecule has 0 saturated carbocycles. The van der Waals surface area contributed by atoms with Gasteiger partial charge in [0.1, 0.15) is 0 Å². The second kappa shape index (κ2) is 9.42. The summed E-state index contributed by atoms with van der Waals surface area (Å²) < 4.78 is 6.88. The smallest absolute Gasteiger partial charge is 0.312 e. The first-order valence-electron chi connectivity index (χ1n) is 8.90. The van der Waals surface area contributed by atoms with E-state index in [-0.39, 0.29) is 6.42 Å². The summed E-state index contributed by atoms with van der Waals surface area (Å²) in [7, 11) is 1.77. The van der Waals surface area contributed by atoms with Crippen LogP contribution < -0.4 is 16.4 Å². The molecule has 0 aliphatic carbocycles. The number of urea groups is 1. The van der Waals surface area contributed by atoms with Crippen molar-refractivity contribution in [3.8, 4) is 0 Å². The van der Waals surface area contributed by atoms with E-state index in [1.165, 1.54) is 6.92 Å². The van der Waals surface area contributed by atoms with Crippen molar-refractivity contribution in [2.45, 2.75) is 39.3 Å². The number of nitrogens with one attached hydrogen (secondary N) is 2. The maximum Gasteiger partial charge on any atom is 0.312 e. The topological polar surface area (TPSA) is 128 Å². The number of amides is 3. The molecule has 2 rings (SSSR count). The quantitative estimate of drug-likeness (QED) is 0.591. The molecule has 1 aromatic heterocycles. The minimum Gasteiger partial charge on any atom is -0.452 e. The molecule has 0 spiro atoms. The maximum atomic E-state index is 12.4. The highest BCUT2D eigenvalue weighted by atomic mass is 35.5. The van der Waals surface area contributed by atoms with E-state index in [0.29, 0.717) is 22.0 Å². The van der Waals surface area contributed by atoms with Crippen molar-refractivity contribution in [3.05, 3.63) is 46.2 Å². The van der Waals surface area contributed by atoms with Gasteiger partial charge in [0.25, 0.3) is 5.91 Å². The van der Waals surface area contributed by atoms with E-state index < -0.39 is 30.1 Å². The average Bonchev–Trinajstić information content (AvgIpc) is 2.87. The standard InChI is InChI=1S/C19H24ClN5O4/c1-10-17(11(2)25(4)24-10)23-18(27)12(3)29-16(26)9-15(22-19(21)28)13-5-7-14(20)8-6-13/h5-8,12,15H,9H2,1-4H3,(H,23,27)(H3,21,22,28)/t12-,15+/m1/s1. The first kappa shape index (κ1) is 22.2. The predicted molar refractivity (Wildman–Crippen MR) is 108 cm³/mol. The molecule has 9 nitrogen and oxygen atoms in total. The summed E-state index contributed by atoms with van der Waals surface area (Å²) in [5.41, 5.74) is 7.85. The molecule has 3 amide bonds. The van der Waals surface area contributed by atoms with E-state index in [0.717, 1.165) is 5.69 Å². The van der Waals surface area contributed by atoms with Crippen LogP contribution in [0.5, 0.6) is 0 Å². The molecule has 0 bridgehead atoms. The number of nitrogens with zero attached hydrogens (tertiary/aromatic N) is 2. The number of hydrogen-bond donors (Lipinski definition) is 3. The number of rotatable bonds is 7. The van der Waals surface area contributed by atoms with Crippen LogP contribution in [-0.4, -0.2) is 33.8 Å². The highest BCUT2D eigenvalue weighted by molar-refractivity contribution is 6.30. The third kappa shape index (κ3) is 5.95. The largest absolute Gasteiger partial charge is 0.452 e. The second-order valence-corrected chi connectivity index (χ2v) is 7.04. The Kier molecular flexibility index (Phi) is 7.22. The van der Waals surface area contributed by atoms with Gasteiger partial charge < -0.3 is 21.1 Å². The molecule has 2 aromatic rings. The van der Waals surface area contributed by atoms with Gasteiger partial charge in [-0.3, -0.25) is 14.3 Å². The highest BCUT2D eigenvalue weighted by Gasteiger charge is 2.24. The zero-order chi connectivity index (χ0) is 21.7. The summed E-state index contributed by atoms with van der Waals surface area (Å²) in [6.07, 6.45) is -1.24. The van der Waals surface area contributed by atoms with Crippen LogP contribution in [0.25, 0.3) is 0 Å². The Morgan fingerprint density at radius 1 is 1.24 bits per heavy atom. The van der Waals surface area contributed by atoms with Crippen molar-refractivity contribution in [3.63, 3.8) is 0 Å². The maximum absolute atomic E-state index is 12.4. The van der Waals surface area contributed by atoms with Crippen molar-refractivity contribution in [2.75, 3.05) is 5.32 Å². The summed E-state index contributed by atoms with van der Waals surface area (Å²) in [5, 5.41) is 9.95. The van der Waals surface area contributed by atoms with E-state index in [1.807, 2.05) is 6.92 Å². The lowest BCUT2D eigenvalue weighted by molar-refractivity contribution is -0.153. The van der Waals surface area contributed by atoms with Crippen LogP contribution in [0.4, 0.5) is 10.5 Å². The van der Waals surface area contributed by atoms with Gasteiger partial charge in [0, 0.05) is 12.1 Å². The summed E-state index contributed by atoms with van der Waals surface area (Å²) in [6, 6.07) is 5.10. The number of anilines is 1. The third-order valence-electron chi connectivity index (χ3n) is 4.39. The van der Waals surface area contributed by atoms with Gasteiger partial charge in [-0.2, -0.15) is 5.10 Å². The van der Waals surface area contributed by atoms with Gasteiger partial charge in [-0.05, 0) is 38.5 Å². The van der Waals surface area contributed by atoms with Crippen LogP contribution in [0.15, 0.2) is 24.3 Å². The molecule has 1 heterocycles. The Morgan fingerprint density at radius 3 is 2.38 bits per heavy atom. The van der Waals surface area contributed by atoms with Gasteiger partial charge in [-0.25, -0.2) is 4.79 Å². The number of ether oxygens (including phenoxy) is 1. The van der Waals surface area contributed by atoms with Crippen molar-refractivity contribution in [1.29, 1.82) is 0 Å². The van der Waals surface area contributed by atoms with Gasteiger partial charge >= 0.3 is 12.0 Å². The van der Waals surface area contributed by atoms with E-state index in [4.69, 9.17) is 22.1 Å². The molecule has 4 N–H and O–H groups in total. The van der Waals surface area contributed by atoms with Crippen LogP contribution in [0.1, 0.15) is 36.3 Å². The summed E-state index contributed by atoms with van der Waals surface area (Å²) in [5.74, 6) is -1.15. The van der Waals surface area contributed by atoms with Gasteiger partial charge in [0.15, 0.2) is 6.10 Å². The minimum atomic E-state index is -1.04. The molecule has 10 heteroatoms. The second-order valence-electron chi connectivity index (χ2n) is 6.61. The summed E-state index contributed by atoms with van der Waals surface area (Å²) in [4.78, 5) is 36.0. The summed E-state index contributed by atoms with van der Waals surface area (Å²) >= 11 is 5.87. The fourth-order valence-corrected chi connectivity index (χ4v) is 2.89.